The van der Waals surface area contributed by atoms with Crippen molar-refractivity contribution < 1.29 is 17.9 Å². The first-order valence-corrected chi connectivity index (χ1v) is 15.6. The minimum absolute atomic E-state index is 0.174. The van der Waals surface area contributed by atoms with Crippen LogP contribution in [-0.4, -0.2) is 55.9 Å². The van der Waals surface area contributed by atoms with Gasteiger partial charge in [0.05, 0.1) is 23.6 Å². The molecule has 2 aliphatic heterocycles. The standard InChI is InChI=1S/C30H36N2O4S2/c1-20-16-22(3)30(23(4)17-20)38(34,35)31(18-24-9-7-14-36-24)19-28(33)32-13-11-27-26(12-15-37-27)29(32)25-10-6-5-8-21(25)2/h5-6,8,10,12,15-17,24,29H,7,9,11,13-14,18-19H2,1-4H3/t24-,29-/m1/s1. The van der Waals surface area contributed by atoms with E-state index < -0.39 is 10.0 Å². The van der Waals surface area contributed by atoms with Gasteiger partial charge in [0.1, 0.15) is 0 Å². The van der Waals surface area contributed by atoms with E-state index in [9.17, 15) is 13.2 Å². The Hall–Kier alpha value is -2.52. The second kappa shape index (κ2) is 10.9. The molecule has 2 aliphatic rings. The summed E-state index contributed by atoms with van der Waals surface area (Å²) < 4.78 is 35.5. The van der Waals surface area contributed by atoms with E-state index in [1.807, 2.05) is 49.9 Å². The quantitative estimate of drug-likeness (QED) is 0.398. The zero-order valence-corrected chi connectivity index (χ0v) is 24.2. The first-order valence-electron chi connectivity index (χ1n) is 13.3. The monoisotopic (exact) mass is 552 g/mol. The van der Waals surface area contributed by atoms with Crippen LogP contribution >= 0.6 is 11.3 Å². The Morgan fingerprint density at radius 3 is 2.47 bits per heavy atom. The molecule has 0 N–H and O–H groups in total. The zero-order valence-electron chi connectivity index (χ0n) is 22.6. The molecule has 0 bridgehead atoms. The molecule has 2 atom stereocenters. The molecule has 38 heavy (non-hydrogen) atoms. The average Bonchev–Trinajstić information content (AvgIpc) is 3.54. The normalized spacial score (nSPS) is 19.7. The number of ether oxygens (including phenoxy) is 1. The number of carbonyl (C=O) groups excluding carboxylic acids is 1. The molecule has 0 radical (unpaired) electrons. The highest BCUT2D eigenvalue weighted by Gasteiger charge is 2.38. The minimum atomic E-state index is -3.93. The maximum absolute atomic E-state index is 14.2. The molecule has 0 unspecified atom stereocenters. The van der Waals surface area contributed by atoms with Gasteiger partial charge in [-0.1, -0.05) is 42.0 Å². The number of benzene rings is 2. The Labute approximate surface area is 230 Å². The third-order valence-corrected chi connectivity index (χ3v) is 10.8. The molecule has 1 aromatic heterocycles. The van der Waals surface area contributed by atoms with Gasteiger partial charge >= 0.3 is 0 Å². The lowest BCUT2D eigenvalue weighted by Crippen LogP contribution is -2.48. The van der Waals surface area contributed by atoms with Crippen molar-refractivity contribution in [3.8, 4) is 0 Å². The summed E-state index contributed by atoms with van der Waals surface area (Å²) >= 11 is 1.72. The maximum atomic E-state index is 14.2. The predicted octanol–water partition coefficient (Wildman–Crippen LogP) is 5.33. The van der Waals surface area contributed by atoms with Gasteiger partial charge in [0.2, 0.25) is 15.9 Å². The van der Waals surface area contributed by atoms with Gasteiger partial charge in [-0.15, -0.1) is 11.3 Å². The number of hydrogen-bond donors (Lipinski definition) is 0. The maximum Gasteiger partial charge on any atom is 0.244 e. The average molecular weight is 553 g/mol. The minimum Gasteiger partial charge on any atom is -0.377 e. The lowest BCUT2D eigenvalue weighted by atomic mass is 9.90. The van der Waals surface area contributed by atoms with E-state index in [2.05, 4.69) is 30.5 Å². The van der Waals surface area contributed by atoms with E-state index in [-0.39, 0.29) is 31.1 Å². The number of carbonyl (C=O) groups is 1. The summed E-state index contributed by atoms with van der Waals surface area (Å²) in [6.07, 6.45) is 2.26. The highest BCUT2D eigenvalue weighted by atomic mass is 32.2. The van der Waals surface area contributed by atoms with E-state index >= 15 is 0 Å². The summed E-state index contributed by atoms with van der Waals surface area (Å²) in [5.74, 6) is -0.181. The van der Waals surface area contributed by atoms with Gasteiger partial charge in [-0.2, -0.15) is 4.31 Å². The summed E-state index contributed by atoms with van der Waals surface area (Å²) in [5, 5.41) is 2.08. The Kier molecular flexibility index (Phi) is 7.78. The van der Waals surface area contributed by atoms with Crippen molar-refractivity contribution in [3.05, 3.63) is 86.1 Å². The molecule has 0 aliphatic carbocycles. The van der Waals surface area contributed by atoms with Crippen LogP contribution in [0.4, 0.5) is 0 Å². The largest absolute Gasteiger partial charge is 0.377 e. The summed E-state index contributed by atoms with van der Waals surface area (Å²) in [7, 11) is -3.93. The van der Waals surface area contributed by atoms with Crippen molar-refractivity contribution >= 4 is 27.3 Å². The third-order valence-electron chi connectivity index (χ3n) is 7.71. The Morgan fingerprint density at radius 1 is 1.05 bits per heavy atom. The molecule has 3 aromatic rings. The fraction of sp³-hybridized carbons (Fsp3) is 0.433. The van der Waals surface area contributed by atoms with E-state index in [4.69, 9.17) is 4.74 Å². The SMILES string of the molecule is Cc1cc(C)c(S(=O)(=O)N(CC(=O)N2CCc3sccc3[C@H]2c2ccccc2C)C[C@H]2CCCO2)c(C)c1. The van der Waals surface area contributed by atoms with Crippen molar-refractivity contribution in [2.45, 2.75) is 64.0 Å². The molecule has 0 saturated carbocycles. The second-order valence-corrected chi connectivity index (χ2v) is 13.4. The lowest BCUT2D eigenvalue weighted by Gasteiger charge is -2.38. The lowest BCUT2D eigenvalue weighted by molar-refractivity contribution is -0.133. The smallest absolute Gasteiger partial charge is 0.244 e. The molecule has 5 rings (SSSR count). The van der Waals surface area contributed by atoms with Gasteiger partial charge in [-0.25, -0.2) is 8.42 Å². The second-order valence-electron chi connectivity index (χ2n) is 10.6. The van der Waals surface area contributed by atoms with Gasteiger partial charge < -0.3 is 9.64 Å². The van der Waals surface area contributed by atoms with Crippen molar-refractivity contribution in [2.24, 2.45) is 0 Å². The van der Waals surface area contributed by atoms with E-state index in [1.54, 1.807) is 11.3 Å². The van der Waals surface area contributed by atoms with Gasteiger partial charge in [0.25, 0.3) is 0 Å². The van der Waals surface area contributed by atoms with Crippen LogP contribution in [0.5, 0.6) is 0 Å². The molecular formula is C30H36N2O4S2. The first-order chi connectivity index (χ1) is 18.2. The van der Waals surface area contributed by atoms with Crippen molar-refractivity contribution in [1.82, 2.24) is 9.21 Å². The fourth-order valence-corrected chi connectivity index (χ4v) is 8.76. The molecule has 1 saturated heterocycles. The van der Waals surface area contributed by atoms with Crippen LogP contribution in [0.1, 0.15) is 57.1 Å². The molecular weight excluding hydrogens is 516 g/mol. The van der Waals surface area contributed by atoms with Crippen LogP contribution in [0.3, 0.4) is 0 Å². The number of hydrogen-bond acceptors (Lipinski definition) is 5. The first kappa shape index (κ1) is 27.1. The number of fused-ring (bicyclic) bond motifs is 1. The number of aryl methyl sites for hydroxylation is 4. The Morgan fingerprint density at radius 2 is 1.79 bits per heavy atom. The summed E-state index contributed by atoms with van der Waals surface area (Å²) in [4.78, 5) is 17.6. The topological polar surface area (TPSA) is 66.9 Å². The van der Waals surface area contributed by atoms with Crippen molar-refractivity contribution in [3.63, 3.8) is 0 Å². The highest BCUT2D eigenvalue weighted by Crippen LogP contribution is 2.39. The zero-order chi connectivity index (χ0) is 27.0. The summed E-state index contributed by atoms with van der Waals surface area (Å²) in [5.41, 5.74) is 5.75. The third kappa shape index (κ3) is 5.19. The molecule has 1 amide bonds. The molecule has 3 heterocycles. The van der Waals surface area contributed by atoms with Crippen molar-refractivity contribution in [2.75, 3.05) is 26.2 Å². The van der Waals surface area contributed by atoms with Crippen LogP contribution in [0.25, 0.3) is 0 Å². The molecule has 1 fully saturated rings. The van der Waals surface area contributed by atoms with Gasteiger partial charge in [-0.05, 0) is 86.2 Å². The number of rotatable bonds is 7. The number of thiophene rings is 1. The molecule has 202 valence electrons. The summed E-state index contributed by atoms with van der Waals surface area (Å²) in [6, 6.07) is 13.8. The van der Waals surface area contributed by atoms with Crippen LogP contribution in [0.2, 0.25) is 0 Å². The fourth-order valence-electron chi connectivity index (χ4n) is 6.02. The molecule has 0 spiro atoms. The highest BCUT2D eigenvalue weighted by molar-refractivity contribution is 7.89. The van der Waals surface area contributed by atoms with E-state index in [0.29, 0.717) is 29.2 Å². The molecule has 8 heteroatoms. The van der Waals surface area contributed by atoms with E-state index in [0.717, 1.165) is 41.5 Å². The van der Waals surface area contributed by atoms with Gasteiger partial charge in [0.15, 0.2) is 0 Å². The van der Waals surface area contributed by atoms with Crippen LogP contribution in [0.15, 0.2) is 52.7 Å². The van der Waals surface area contributed by atoms with Crippen molar-refractivity contribution in [1.29, 1.82) is 0 Å². The number of nitrogens with zero attached hydrogens (tertiary/aromatic N) is 2. The van der Waals surface area contributed by atoms with Crippen LogP contribution in [0, 0.1) is 27.7 Å². The summed E-state index contributed by atoms with van der Waals surface area (Å²) in [6.45, 7) is 8.83. The van der Waals surface area contributed by atoms with Gasteiger partial charge in [0, 0.05) is 24.6 Å². The Balaban J connectivity index is 1.51. The predicted molar refractivity (Wildman–Crippen MR) is 151 cm³/mol. The molecule has 6 nitrogen and oxygen atoms in total. The van der Waals surface area contributed by atoms with Crippen LogP contribution < -0.4 is 0 Å². The molecule has 2 aromatic carbocycles. The number of sulfonamides is 1. The number of amides is 1. The van der Waals surface area contributed by atoms with Crippen LogP contribution in [-0.2, 0) is 26.0 Å². The Bertz CT molecular complexity index is 1420. The van der Waals surface area contributed by atoms with Gasteiger partial charge in [-0.3, -0.25) is 4.79 Å². The van der Waals surface area contributed by atoms with E-state index in [1.165, 1.54) is 9.18 Å².